The van der Waals surface area contributed by atoms with E-state index in [4.69, 9.17) is 4.74 Å². The number of aryl methyl sites for hydroxylation is 2. The minimum atomic E-state index is 0.0278. The summed E-state index contributed by atoms with van der Waals surface area (Å²) in [6, 6.07) is 11.3. The molecule has 0 amide bonds. The summed E-state index contributed by atoms with van der Waals surface area (Å²) in [4.78, 5) is 16.5. The maximum Gasteiger partial charge on any atom is 0.185 e. The summed E-state index contributed by atoms with van der Waals surface area (Å²) in [5.41, 5.74) is 3.39. The lowest BCUT2D eigenvalue weighted by atomic mass is 10.1. The van der Waals surface area contributed by atoms with Crippen molar-refractivity contribution in [3.8, 4) is 5.75 Å². The highest BCUT2D eigenvalue weighted by Crippen LogP contribution is 2.15. The molecule has 1 aromatic heterocycles. The van der Waals surface area contributed by atoms with Crippen molar-refractivity contribution in [3.63, 3.8) is 0 Å². The Bertz CT molecular complexity index is 585. The molecular formula is C16H17NO2. The first-order valence-corrected chi connectivity index (χ1v) is 6.20. The predicted octanol–water partition coefficient (Wildman–Crippen LogP) is 3.13. The molecule has 0 radical (unpaired) electrons. The molecule has 0 aliphatic carbocycles. The van der Waals surface area contributed by atoms with Crippen molar-refractivity contribution in [2.75, 3.05) is 7.11 Å². The van der Waals surface area contributed by atoms with Crippen LogP contribution < -0.4 is 4.74 Å². The van der Waals surface area contributed by atoms with E-state index in [0.717, 1.165) is 22.6 Å². The number of ketones is 1. The molecule has 1 aromatic carbocycles. The van der Waals surface area contributed by atoms with Crippen LogP contribution in [0.1, 0.15) is 27.3 Å². The summed E-state index contributed by atoms with van der Waals surface area (Å²) in [6.07, 6.45) is 0.340. The average Bonchev–Trinajstić information content (AvgIpc) is 2.37. The van der Waals surface area contributed by atoms with Crippen molar-refractivity contribution in [2.24, 2.45) is 0 Å². The van der Waals surface area contributed by atoms with Gasteiger partial charge in [-0.3, -0.25) is 4.79 Å². The first-order chi connectivity index (χ1) is 9.08. The summed E-state index contributed by atoms with van der Waals surface area (Å²) < 4.78 is 5.15. The van der Waals surface area contributed by atoms with E-state index in [1.807, 2.05) is 50.2 Å². The van der Waals surface area contributed by atoms with Crippen LogP contribution in [-0.4, -0.2) is 17.9 Å². The molecule has 0 spiro atoms. The highest BCUT2D eigenvalue weighted by atomic mass is 16.5. The fourth-order valence-electron chi connectivity index (χ4n) is 2.04. The van der Waals surface area contributed by atoms with Crippen LogP contribution in [0.2, 0.25) is 0 Å². The Morgan fingerprint density at radius 2 is 2.00 bits per heavy atom. The zero-order chi connectivity index (χ0) is 13.8. The molecule has 0 unspecified atom stereocenters. The highest BCUT2D eigenvalue weighted by Gasteiger charge is 2.10. The zero-order valence-corrected chi connectivity index (χ0v) is 11.4. The molecule has 0 fully saturated rings. The lowest BCUT2D eigenvalue weighted by Gasteiger charge is -2.05. The van der Waals surface area contributed by atoms with Gasteiger partial charge in [-0.25, -0.2) is 4.98 Å². The van der Waals surface area contributed by atoms with E-state index in [-0.39, 0.29) is 5.78 Å². The molecule has 98 valence electrons. The molecular weight excluding hydrogens is 238 g/mol. The number of nitrogens with zero attached hydrogens (tertiary/aromatic N) is 1. The van der Waals surface area contributed by atoms with Crippen molar-refractivity contribution in [3.05, 3.63) is 58.9 Å². The fourth-order valence-corrected chi connectivity index (χ4v) is 2.04. The van der Waals surface area contributed by atoms with Gasteiger partial charge in [-0.15, -0.1) is 0 Å². The van der Waals surface area contributed by atoms with E-state index in [1.54, 1.807) is 7.11 Å². The number of rotatable bonds is 4. The van der Waals surface area contributed by atoms with Gasteiger partial charge in [-0.1, -0.05) is 12.1 Å². The van der Waals surface area contributed by atoms with Crippen molar-refractivity contribution < 1.29 is 9.53 Å². The Morgan fingerprint density at radius 1 is 1.21 bits per heavy atom. The van der Waals surface area contributed by atoms with Crippen LogP contribution in [0.15, 0.2) is 36.4 Å². The van der Waals surface area contributed by atoms with Gasteiger partial charge in [-0.2, -0.15) is 0 Å². The van der Waals surface area contributed by atoms with Gasteiger partial charge in [0.05, 0.1) is 7.11 Å². The van der Waals surface area contributed by atoms with Gasteiger partial charge in [-0.05, 0) is 49.2 Å². The predicted molar refractivity (Wildman–Crippen MR) is 74.7 cm³/mol. The SMILES string of the molecule is COc1cccc(CC(=O)c2cc(C)cc(C)n2)c1. The van der Waals surface area contributed by atoms with E-state index >= 15 is 0 Å². The first kappa shape index (κ1) is 13.3. The van der Waals surface area contributed by atoms with E-state index < -0.39 is 0 Å². The van der Waals surface area contributed by atoms with E-state index in [2.05, 4.69) is 4.98 Å². The van der Waals surface area contributed by atoms with Crippen LogP contribution in [0.3, 0.4) is 0 Å². The van der Waals surface area contributed by atoms with Crippen molar-refractivity contribution in [1.29, 1.82) is 0 Å². The minimum Gasteiger partial charge on any atom is -0.497 e. The third kappa shape index (κ3) is 3.41. The zero-order valence-electron chi connectivity index (χ0n) is 11.4. The molecule has 1 heterocycles. The van der Waals surface area contributed by atoms with Crippen LogP contribution in [0.4, 0.5) is 0 Å². The lowest BCUT2D eigenvalue weighted by molar-refractivity contribution is 0.0988. The second-order valence-corrected chi connectivity index (χ2v) is 4.62. The summed E-state index contributed by atoms with van der Waals surface area (Å²) >= 11 is 0. The second-order valence-electron chi connectivity index (χ2n) is 4.62. The quantitative estimate of drug-likeness (QED) is 0.788. The number of hydrogen-bond acceptors (Lipinski definition) is 3. The number of pyridine rings is 1. The molecule has 0 N–H and O–H groups in total. The van der Waals surface area contributed by atoms with Gasteiger partial charge in [0.25, 0.3) is 0 Å². The van der Waals surface area contributed by atoms with Gasteiger partial charge in [0.15, 0.2) is 5.78 Å². The molecule has 0 atom stereocenters. The summed E-state index contributed by atoms with van der Waals surface area (Å²) in [7, 11) is 1.62. The van der Waals surface area contributed by atoms with E-state index in [0.29, 0.717) is 12.1 Å². The van der Waals surface area contributed by atoms with Gasteiger partial charge in [0.2, 0.25) is 0 Å². The third-order valence-electron chi connectivity index (χ3n) is 2.88. The van der Waals surface area contributed by atoms with Gasteiger partial charge in [0, 0.05) is 12.1 Å². The molecule has 2 aromatic rings. The summed E-state index contributed by atoms with van der Waals surface area (Å²) in [5, 5.41) is 0. The van der Waals surface area contributed by atoms with Crippen LogP contribution >= 0.6 is 0 Å². The van der Waals surface area contributed by atoms with Crippen molar-refractivity contribution in [1.82, 2.24) is 4.98 Å². The van der Waals surface area contributed by atoms with Crippen LogP contribution in [-0.2, 0) is 6.42 Å². The number of ether oxygens (including phenoxy) is 1. The number of Topliss-reactive ketones (excluding diaryl/α,β-unsaturated/α-hetero) is 1. The van der Waals surface area contributed by atoms with E-state index in [1.165, 1.54) is 0 Å². The molecule has 3 heteroatoms. The van der Waals surface area contributed by atoms with Gasteiger partial charge in [0.1, 0.15) is 11.4 Å². The Morgan fingerprint density at radius 3 is 2.68 bits per heavy atom. The van der Waals surface area contributed by atoms with E-state index in [9.17, 15) is 4.79 Å². The largest absolute Gasteiger partial charge is 0.497 e. The van der Waals surface area contributed by atoms with Crippen molar-refractivity contribution in [2.45, 2.75) is 20.3 Å². The molecule has 0 bridgehead atoms. The number of benzene rings is 1. The molecule has 0 saturated heterocycles. The average molecular weight is 255 g/mol. The Hall–Kier alpha value is -2.16. The Kier molecular flexibility index (Phi) is 3.95. The topological polar surface area (TPSA) is 39.2 Å². The molecule has 0 aliphatic rings. The van der Waals surface area contributed by atoms with Gasteiger partial charge < -0.3 is 4.74 Å². The maximum atomic E-state index is 12.2. The number of hydrogen-bond donors (Lipinski definition) is 0. The minimum absolute atomic E-state index is 0.0278. The molecule has 0 saturated carbocycles. The lowest BCUT2D eigenvalue weighted by Crippen LogP contribution is -2.07. The Labute approximate surface area is 113 Å². The van der Waals surface area contributed by atoms with Crippen molar-refractivity contribution >= 4 is 5.78 Å². The van der Waals surface area contributed by atoms with Crippen LogP contribution in [0, 0.1) is 13.8 Å². The maximum absolute atomic E-state index is 12.2. The number of aromatic nitrogens is 1. The number of carbonyl (C=O) groups is 1. The fraction of sp³-hybridized carbons (Fsp3) is 0.250. The molecule has 2 rings (SSSR count). The summed E-state index contributed by atoms with van der Waals surface area (Å²) in [6.45, 7) is 3.87. The molecule has 19 heavy (non-hydrogen) atoms. The Balaban J connectivity index is 2.20. The normalized spacial score (nSPS) is 10.3. The van der Waals surface area contributed by atoms with Gasteiger partial charge >= 0.3 is 0 Å². The molecule has 3 nitrogen and oxygen atoms in total. The second kappa shape index (κ2) is 5.65. The monoisotopic (exact) mass is 255 g/mol. The smallest absolute Gasteiger partial charge is 0.185 e. The number of methoxy groups -OCH3 is 1. The van der Waals surface area contributed by atoms with Crippen LogP contribution in [0.25, 0.3) is 0 Å². The first-order valence-electron chi connectivity index (χ1n) is 6.20. The molecule has 0 aliphatic heterocycles. The standard InChI is InChI=1S/C16H17NO2/c1-11-7-12(2)17-15(8-11)16(18)10-13-5-4-6-14(9-13)19-3/h4-9H,10H2,1-3H3. The highest BCUT2D eigenvalue weighted by molar-refractivity contribution is 5.96. The number of carbonyl (C=O) groups excluding carboxylic acids is 1. The third-order valence-corrected chi connectivity index (χ3v) is 2.88. The summed E-state index contributed by atoms with van der Waals surface area (Å²) in [5.74, 6) is 0.790. The van der Waals surface area contributed by atoms with Crippen LogP contribution in [0.5, 0.6) is 5.75 Å².